The standard InChI is InChI=1S/C10H16F3N3O4/c1-6(17)14-3-4-15-7(18)5-16-9(2,8(19)20)10(11,12)13/h16H,3-5H2,1-2H3,(H,14,17)(H,15,18)(H,19,20). The number of carboxylic acid groups (broad SMARTS) is 1. The summed E-state index contributed by atoms with van der Waals surface area (Å²) in [4.78, 5) is 32.4. The Balaban J connectivity index is 4.27. The molecule has 0 aliphatic heterocycles. The van der Waals surface area contributed by atoms with Crippen molar-refractivity contribution >= 4 is 17.8 Å². The number of nitrogens with one attached hydrogen (secondary N) is 3. The first-order chi connectivity index (χ1) is 9.00. The zero-order valence-corrected chi connectivity index (χ0v) is 10.9. The molecule has 0 bridgehead atoms. The van der Waals surface area contributed by atoms with Crippen LogP contribution in [0.4, 0.5) is 13.2 Å². The largest absolute Gasteiger partial charge is 0.480 e. The van der Waals surface area contributed by atoms with Gasteiger partial charge in [0, 0.05) is 20.0 Å². The van der Waals surface area contributed by atoms with Crippen LogP contribution in [0.15, 0.2) is 0 Å². The first-order valence-electron chi connectivity index (χ1n) is 5.57. The molecule has 0 rings (SSSR count). The SMILES string of the molecule is CC(=O)NCCNC(=O)CNC(C)(C(=O)O)C(F)(F)F. The maximum Gasteiger partial charge on any atom is 0.417 e. The van der Waals surface area contributed by atoms with Gasteiger partial charge in [-0.2, -0.15) is 13.2 Å². The minimum absolute atomic E-state index is 0.0237. The molecule has 0 aromatic heterocycles. The van der Waals surface area contributed by atoms with Gasteiger partial charge in [-0.05, 0) is 6.92 Å². The van der Waals surface area contributed by atoms with Crippen molar-refractivity contribution in [3.63, 3.8) is 0 Å². The van der Waals surface area contributed by atoms with Crippen molar-refractivity contribution in [3.05, 3.63) is 0 Å². The summed E-state index contributed by atoms with van der Waals surface area (Å²) in [5, 5.41) is 14.8. The highest BCUT2D eigenvalue weighted by molar-refractivity contribution is 5.82. The summed E-state index contributed by atoms with van der Waals surface area (Å²) in [6.07, 6.45) is -5.05. The Morgan fingerprint density at radius 3 is 2.00 bits per heavy atom. The number of amides is 2. The second kappa shape index (κ2) is 7.08. The van der Waals surface area contributed by atoms with Crippen molar-refractivity contribution in [2.75, 3.05) is 19.6 Å². The molecule has 0 fully saturated rings. The number of rotatable bonds is 7. The van der Waals surface area contributed by atoms with E-state index in [1.54, 1.807) is 5.32 Å². The Morgan fingerprint density at radius 2 is 1.60 bits per heavy atom. The van der Waals surface area contributed by atoms with E-state index in [4.69, 9.17) is 5.11 Å². The molecule has 0 saturated carbocycles. The molecule has 20 heavy (non-hydrogen) atoms. The van der Waals surface area contributed by atoms with Gasteiger partial charge in [-0.15, -0.1) is 0 Å². The molecule has 0 radical (unpaired) electrons. The molecule has 10 heteroatoms. The predicted octanol–water partition coefficient (Wildman–Crippen LogP) is -0.766. The molecule has 0 saturated heterocycles. The van der Waals surface area contributed by atoms with Crippen LogP contribution in [-0.4, -0.2) is 54.2 Å². The third-order valence-corrected chi connectivity index (χ3v) is 2.42. The van der Waals surface area contributed by atoms with Crippen molar-refractivity contribution < 1.29 is 32.7 Å². The summed E-state index contributed by atoms with van der Waals surface area (Å²) < 4.78 is 37.7. The van der Waals surface area contributed by atoms with Gasteiger partial charge in [-0.25, -0.2) is 4.79 Å². The Morgan fingerprint density at radius 1 is 1.10 bits per heavy atom. The molecule has 2 amide bonds. The Hall–Kier alpha value is -1.84. The summed E-state index contributed by atoms with van der Waals surface area (Å²) in [6, 6.07) is 0. The molecule has 0 aromatic rings. The molecular formula is C10H16F3N3O4. The van der Waals surface area contributed by atoms with Gasteiger partial charge in [0.1, 0.15) is 0 Å². The number of hydrogen-bond donors (Lipinski definition) is 4. The van der Waals surface area contributed by atoms with Gasteiger partial charge in [0.25, 0.3) is 0 Å². The summed E-state index contributed by atoms with van der Waals surface area (Å²) in [5.74, 6) is -3.25. The van der Waals surface area contributed by atoms with E-state index in [9.17, 15) is 27.6 Å². The van der Waals surface area contributed by atoms with Crippen LogP contribution in [0.3, 0.4) is 0 Å². The monoisotopic (exact) mass is 299 g/mol. The van der Waals surface area contributed by atoms with Crippen molar-refractivity contribution in [3.8, 4) is 0 Å². The van der Waals surface area contributed by atoms with Crippen LogP contribution in [0, 0.1) is 0 Å². The fourth-order valence-electron chi connectivity index (χ4n) is 1.06. The number of carbonyl (C=O) groups excluding carboxylic acids is 2. The molecule has 0 aliphatic rings. The van der Waals surface area contributed by atoms with E-state index in [-0.39, 0.29) is 19.0 Å². The normalized spacial score (nSPS) is 14.2. The van der Waals surface area contributed by atoms with E-state index in [1.807, 2.05) is 0 Å². The van der Waals surface area contributed by atoms with Gasteiger partial charge in [-0.1, -0.05) is 0 Å². The fourth-order valence-corrected chi connectivity index (χ4v) is 1.06. The molecular weight excluding hydrogens is 283 g/mol. The number of carboxylic acids is 1. The van der Waals surface area contributed by atoms with Gasteiger partial charge in [0.05, 0.1) is 6.54 Å². The zero-order valence-electron chi connectivity index (χ0n) is 10.9. The molecule has 116 valence electrons. The van der Waals surface area contributed by atoms with Crippen molar-refractivity contribution in [1.82, 2.24) is 16.0 Å². The van der Waals surface area contributed by atoms with E-state index in [2.05, 4.69) is 10.6 Å². The maximum atomic E-state index is 12.6. The summed E-state index contributed by atoms with van der Waals surface area (Å²) in [5.41, 5.74) is -3.21. The lowest BCUT2D eigenvalue weighted by Gasteiger charge is -2.28. The third kappa shape index (κ3) is 5.43. The van der Waals surface area contributed by atoms with Crippen molar-refractivity contribution in [1.29, 1.82) is 0 Å². The Bertz CT molecular complexity index is 386. The van der Waals surface area contributed by atoms with E-state index in [0.717, 1.165) is 0 Å². The van der Waals surface area contributed by atoms with Crippen LogP contribution in [0.5, 0.6) is 0 Å². The highest BCUT2D eigenvalue weighted by Gasteiger charge is 2.57. The molecule has 7 nitrogen and oxygen atoms in total. The summed E-state index contributed by atoms with van der Waals surface area (Å²) in [6.45, 7) is 1.03. The van der Waals surface area contributed by atoms with Crippen LogP contribution >= 0.6 is 0 Å². The summed E-state index contributed by atoms with van der Waals surface area (Å²) >= 11 is 0. The zero-order chi connectivity index (χ0) is 16.0. The molecule has 0 aliphatic carbocycles. The molecule has 0 aromatic carbocycles. The quantitative estimate of drug-likeness (QED) is 0.462. The van der Waals surface area contributed by atoms with E-state index in [0.29, 0.717) is 6.92 Å². The van der Waals surface area contributed by atoms with E-state index < -0.39 is 30.1 Å². The molecule has 1 atom stereocenters. The minimum atomic E-state index is -5.05. The third-order valence-electron chi connectivity index (χ3n) is 2.42. The number of carbonyl (C=O) groups is 3. The highest BCUT2D eigenvalue weighted by atomic mass is 19.4. The molecule has 4 N–H and O–H groups in total. The van der Waals surface area contributed by atoms with Crippen LogP contribution < -0.4 is 16.0 Å². The first-order valence-corrected chi connectivity index (χ1v) is 5.57. The second-order valence-electron chi connectivity index (χ2n) is 4.11. The Labute approximate surface area is 112 Å². The van der Waals surface area contributed by atoms with Gasteiger partial charge in [0.15, 0.2) is 0 Å². The van der Waals surface area contributed by atoms with Gasteiger partial charge in [0.2, 0.25) is 17.4 Å². The number of hydrogen-bond acceptors (Lipinski definition) is 4. The second-order valence-corrected chi connectivity index (χ2v) is 4.11. The average Bonchev–Trinajstić information content (AvgIpc) is 2.29. The van der Waals surface area contributed by atoms with Crippen molar-refractivity contribution in [2.24, 2.45) is 0 Å². The lowest BCUT2D eigenvalue weighted by molar-refractivity contribution is -0.205. The molecule has 0 heterocycles. The molecule has 0 spiro atoms. The Kier molecular flexibility index (Phi) is 6.43. The lowest BCUT2D eigenvalue weighted by atomic mass is 10.0. The average molecular weight is 299 g/mol. The predicted molar refractivity (Wildman–Crippen MR) is 61.8 cm³/mol. The van der Waals surface area contributed by atoms with Gasteiger partial charge in [-0.3, -0.25) is 14.9 Å². The van der Waals surface area contributed by atoms with Crippen LogP contribution in [0.1, 0.15) is 13.8 Å². The highest BCUT2D eigenvalue weighted by Crippen LogP contribution is 2.30. The lowest BCUT2D eigenvalue weighted by Crippen LogP contribution is -2.61. The first kappa shape index (κ1) is 18.2. The minimum Gasteiger partial charge on any atom is -0.480 e. The number of alkyl halides is 3. The van der Waals surface area contributed by atoms with Crippen LogP contribution in [0.2, 0.25) is 0 Å². The maximum absolute atomic E-state index is 12.6. The van der Waals surface area contributed by atoms with Gasteiger partial charge >= 0.3 is 12.1 Å². The topological polar surface area (TPSA) is 108 Å². The van der Waals surface area contributed by atoms with Gasteiger partial charge < -0.3 is 15.7 Å². The number of halogens is 3. The van der Waals surface area contributed by atoms with Crippen LogP contribution in [-0.2, 0) is 14.4 Å². The fraction of sp³-hybridized carbons (Fsp3) is 0.700. The number of aliphatic carboxylic acids is 1. The smallest absolute Gasteiger partial charge is 0.417 e. The summed E-state index contributed by atoms with van der Waals surface area (Å²) in [7, 11) is 0. The van der Waals surface area contributed by atoms with Crippen molar-refractivity contribution in [2.45, 2.75) is 25.6 Å². The van der Waals surface area contributed by atoms with E-state index in [1.165, 1.54) is 6.92 Å². The van der Waals surface area contributed by atoms with Crippen LogP contribution in [0.25, 0.3) is 0 Å². The van der Waals surface area contributed by atoms with E-state index >= 15 is 0 Å². The molecule has 1 unspecified atom stereocenters.